The Morgan fingerprint density at radius 1 is 1.29 bits per heavy atom. The minimum Gasteiger partial charge on any atom is -0.465 e. The number of rotatable bonds is 7. The Bertz CT molecular complexity index is 986. The fourth-order valence-corrected chi connectivity index (χ4v) is 5.18. The van der Waals surface area contributed by atoms with Gasteiger partial charge in [-0.3, -0.25) is 14.2 Å². The summed E-state index contributed by atoms with van der Waals surface area (Å²) in [4.78, 5) is 42.4. The van der Waals surface area contributed by atoms with Crippen molar-refractivity contribution in [3.05, 3.63) is 31.3 Å². The Kier molecular flexibility index (Phi) is 6.40. The number of hydrogen-bond donors (Lipinski definition) is 0. The van der Waals surface area contributed by atoms with Gasteiger partial charge in [0.1, 0.15) is 11.4 Å². The second kappa shape index (κ2) is 8.61. The molecule has 0 fully saturated rings. The molecular formula is C20H29N3O4S. The summed E-state index contributed by atoms with van der Waals surface area (Å²) in [5.74, 6) is -0.0457. The molecule has 0 saturated carbocycles. The third-order valence-electron chi connectivity index (χ3n) is 5.23. The molecule has 3 rings (SSSR count). The van der Waals surface area contributed by atoms with Crippen LogP contribution < -0.4 is 11.2 Å². The third kappa shape index (κ3) is 4.07. The van der Waals surface area contributed by atoms with E-state index in [4.69, 9.17) is 4.74 Å². The summed E-state index contributed by atoms with van der Waals surface area (Å²) in [7, 11) is 3.98. The van der Waals surface area contributed by atoms with Gasteiger partial charge in [-0.1, -0.05) is 6.92 Å². The normalized spacial score (nSPS) is 16.5. The molecule has 28 heavy (non-hydrogen) atoms. The average molecular weight is 408 g/mol. The lowest BCUT2D eigenvalue weighted by Gasteiger charge is -2.18. The van der Waals surface area contributed by atoms with Crippen molar-refractivity contribution in [3.8, 4) is 0 Å². The number of carbonyl (C=O) groups excluding carboxylic acids is 1. The molecule has 1 atom stereocenters. The van der Waals surface area contributed by atoms with E-state index < -0.39 is 11.7 Å². The van der Waals surface area contributed by atoms with Crippen molar-refractivity contribution in [3.63, 3.8) is 0 Å². The van der Waals surface area contributed by atoms with Crippen LogP contribution in [0.1, 0.15) is 37.1 Å². The van der Waals surface area contributed by atoms with Crippen LogP contribution in [0.2, 0.25) is 0 Å². The Balaban J connectivity index is 2.16. The average Bonchev–Trinajstić information content (AvgIpc) is 3.00. The van der Waals surface area contributed by atoms with Gasteiger partial charge in [-0.05, 0) is 64.7 Å². The van der Waals surface area contributed by atoms with E-state index >= 15 is 0 Å². The molecule has 0 aliphatic heterocycles. The number of aryl methyl sites for hydroxylation is 2. The second-order valence-electron chi connectivity index (χ2n) is 7.82. The maximum atomic E-state index is 13.2. The first-order valence-corrected chi connectivity index (χ1v) is 10.7. The van der Waals surface area contributed by atoms with Gasteiger partial charge in [0, 0.05) is 11.4 Å². The van der Waals surface area contributed by atoms with Crippen LogP contribution in [0.25, 0.3) is 10.2 Å². The van der Waals surface area contributed by atoms with Crippen LogP contribution in [0.3, 0.4) is 0 Å². The van der Waals surface area contributed by atoms with Crippen LogP contribution in [0.15, 0.2) is 9.59 Å². The maximum Gasteiger partial charge on any atom is 0.332 e. The van der Waals surface area contributed by atoms with Gasteiger partial charge in [-0.2, -0.15) is 0 Å². The van der Waals surface area contributed by atoms with Gasteiger partial charge in [-0.15, -0.1) is 11.3 Å². The van der Waals surface area contributed by atoms with E-state index in [9.17, 15) is 14.4 Å². The number of thiophene rings is 1. The third-order valence-corrected chi connectivity index (χ3v) is 6.55. The number of ether oxygens (including phenoxy) is 1. The maximum absolute atomic E-state index is 13.2. The van der Waals surface area contributed by atoms with Crippen LogP contribution in [0, 0.1) is 5.92 Å². The largest absolute Gasteiger partial charge is 0.465 e. The van der Waals surface area contributed by atoms with E-state index in [2.05, 4.69) is 11.8 Å². The minimum absolute atomic E-state index is 0.220. The molecule has 1 aliphatic carbocycles. The zero-order valence-corrected chi connectivity index (χ0v) is 17.9. The lowest BCUT2D eigenvalue weighted by molar-refractivity contribution is -0.143. The van der Waals surface area contributed by atoms with Gasteiger partial charge < -0.3 is 9.64 Å². The molecule has 0 bridgehead atoms. The topological polar surface area (TPSA) is 73.5 Å². The van der Waals surface area contributed by atoms with Gasteiger partial charge in [0.05, 0.1) is 12.0 Å². The molecule has 2 heterocycles. The molecule has 0 amide bonds. The summed E-state index contributed by atoms with van der Waals surface area (Å²) in [5.41, 5.74) is 0.294. The van der Waals surface area contributed by atoms with Crippen molar-refractivity contribution < 1.29 is 9.53 Å². The number of fused-ring (bicyclic) bond motifs is 3. The van der Waals surface area contributed by atoms with Crippen LogP contribution in [-0.4, -0.2) is 47.3 Å². The summed E-state index contributed by atoms with van der Waals surface area (Å²) in [6.45, 7) is 5.14. The fourth-order valence-electron chi connectivity index (χ4n) is 3.83. The summed E-state index contributed by atoms with van der Waals surface area (Å²) in [5, 5.41) is 0.625. The molecule has 1 unspecified atom stereocenters. The predicted octanol–water partition coefficient (Wildman–Crippen LogP) is 1.86. The first-order valence-electron chi connectivity index (χ1n) is 9.91. The molecule has 2 aromatic heterocycles. The number of nitrogens with zero attached hydrogens (tertiary/aromatic N) is 3. The molecule has 7 nitrogen and oxygen atoms in total. The Labute approximate surface area is 168 Å². The fraction of sp³-hybridized carbons (Fsp3) is 0.650. The lowest BCUT2D eigenvalue weighted by atomic mass is 9.89. The van der Waals surface area contributed by atoms with Crippen LogP contribution in [0.5, 0.6) is 0 Å². The highest BCUT2D eigenvalue weighted by atomic mass is 32.1. The quantitative estimate of drug-likeness (QED) is 0.655. The van der Waals surface area contributed by atoms with Crippen molar-refractivity contribution in [2.75, 3.05) is 27.2 Å². The highest BCUT2D eigenvalue weighted by Crippen LogP contribution is 2.36. The van der Waals surface area contributed by atoms with Crippen LogP contribution in [0.4, 0.5) is 0 Å². The molecule has 8 heteroatoms. The number of carbonyl (C=O) groups is 1. The van der Waals surface area contributed by atoms with Gasteiger partial charge >= 0.3 is 11.7 Å². The summed E-state index contributed by atoms with van der Waals surface area (Å²) in [6.07, 6.45) is 3.68. The van der Waals surface area contributed by atoms with Crippen LogP contribution in [-0.2, 0) is 35.5 Å². The van der Waals surface area contributed by atoms with Crippen molar-refractivity contribution in [2.24, 2.45) is 5.92 Å². The molecule has 0 N–H and O–H groups in total. The molecule has 2 aromatic rings. The Morgan fingerprint density at radius 2 is 2.04 bits per heavy atom. The second-order valence-corrected chi connectivity index (χ2v) is 8.90. The molecular weight excluding hydrogens is 378 g/mol. The van der Waals surface area contributed by atoms with Gasteiger partial charge in [0.25, 0.3) is 5.56 Å². The molecule has 0 aromatic carbocycles. The van der Waals surface area contributed by atoms with Gasteiger partial charge in [-0.25, -0.2) is 9.36 Å². The van der Waals surface area contributed by atoms with E-state index in [0.29, 0.717) is 17.8 Å². The zero-order valence-electron chi connectivity index (χ0n) is 17.1. The van der Waals surface area contributed by atoms with E-state index in [1.54, 1.807) is 22.8 Å². The smallest absolute Gasteiger partial charge is 0.332 e. The highest BCUT2D eigenvalue weighted by Gasteiger charge is 2.26. The Morgan fingerprint density at radius 3 is 2.71 bits per heavy atom. The summed E-state index contributed by atoms with van der Waals surface area (Å²) >= 11 is 1.57. The van der Waals surface area contributed by atoms with E-state index in [0.717, 1.165) is 47.2 Å². The molecule has 0 radical (unpaired) electrons. The lowest BCUT2D eigenvalue weighted by Crippen LogP contribution is -2.42. The van der Waals surface area contributed by atoms with E-state index in [-0.39, 0.29) is 18.7 Å². The number of aromatic nitrogens is 2. The monoisotopic (exact) mass is 407 g/mol. The molecule has 154 valence electrons. The van der Waals surface area contributed by atoms with Crippen molar-refractivity contribution in [2.45, 2.75) is 52.6 Å². The molecule has 0 saturated heterocycles. The highest BCUT2D eigenvalue weighted by molar-refractivity contribution is 7.18. The van der Waals surface area contributed by atoms with Gasteiger partial charge in [0.2, 0.25) is 0 Å². The van der Waals surface area contributed by atoms with Crippen LogP contribution >= 0.6 is 11.3 Å². The van der Waals surface area contributed by atoms with Crippen molar-refractivity contribution in [1.82, 2.24) is 14.0 Å². The van der Waals surface area contributed by atoms with E-state index in [1.165, 1.54) is 4.88 Å². The van der Waals surface area contributed by atoms with Gasteiger partial charge in [0.15, 0.2) is 0 Å². The molecule has 0 spiro atoms. The predicted molar refractivity (Wildman–Crippen MR) is 111 cm³/mol. The SMILES string of the molecule is CCOC(=O)Cn1c(=O)c2c3c(sc2n(CCCN(C)C)c1=O)CCC(C)C3. The summed E-state index contributed by atoms with van der Waals surface area (Å²) < 4.78 is 7.73. The number of esters is 1. The van der Waals surface area contributed by atoms with Crippen molar-refractivity contribution in [1.29, 1.82) is 0 Å². The number of hydrogen-bond acceptors (Lipinski definition) is 6. The zero-order chi connectivity index (χ0) is 20.4. The standard InChI is InChI=1S/C20H29N3O4S/c1-5-27-16(24)12-23-18(25)17-14-11-13(2)7-8-15(14)28-19(17)22(20(23)26)10-6-9-21(3)4/h13H,5-12H2,1-4H3. The molecule has 1 aliphatic rings. The Hall–Kier alpha value is -1.93. The minimum atomic E-state index is -0.557. The van der Waals surface area contributed by atoms with E-state index in [1.807, 2.05) is 14.1 Å². The van der Waals surface area contributed by atoms with Crippen molar-refractivity contribution >= 4 is 27.5 Å². The first-order chi connectivity index (χ1) is 13.3. The summed E-state index contributed by atoms with van der Waals surface area (Å²) in [6, 6.07) is 0. The first kappa shape index (κ1) is 20.8.